The van der Waals surface area contributed by atoms with Crippen molar-refractivity contribution in [1.29, 1.82) is 0 Å². The summed E-state index contributed by atoms with van der Waals surface area (Å²) in [7, 11) is 0. The number of aliphatic imine (C=N–C) groups is 1. The van der Waals surface area contributed by atoms with Crippen LogP contribution in [0, 0.1) is 0 Å². The number of hydrogen-bond donors (Lipinski definition) is 1. The van der Waals surface area contributed by atoms with Gasteiger partial charge in [-0.3, -0.25) is 9.47 Å². The van der Waals surface area contributed by atoms with E-state index in [2.05, 4.69) is 75.3 Å². The number of benzene rings is 1. The predicted molar refractivity (Wildman–Crippen MR) is 129 cm³/mol. The Hall–Kier alpha value is -3.19. The highest BCUT2D eigenvalue weighted by molar-refractivity contribution is 5.80. The van der Waals surface area contributed by atoms with Gasteiger partial charge in [0.1, 0.15) is 12.1 Å². The van der Waals surface area contributed by atoms with Crippen LogP contribution >= 0.6 is 0 Å². The van der Waals surface area contributed by atoms with Gasteiger partial charge in [0.15, 0.2) is 5.96 Å². The SMILES string of the molecule is CCNC(=NCc1ccc(-n2ccnc2)nc1)N1CCN(C(CC)c2ccccc2)CC1. The molecule has 4 rings (SSSR count). The van der Waals surface area contributed by atoms with Gasteiger partial charge in [-0.2, -0.15) is 0 Å². The van der Waals surface area contributed by atoms with Crippen LogP contribution in [0.1, 0.15) is 37.4 Å². The Balaban J connectivity index is 1.37. The van der Waals surface area contributed by atoms with E-state index in [1.165, 1.54) is 5.56 Å². The molecule has 0 spiro atoms. The van der Waals surface area contributed by atoms with Crippen molar-refractivity contribution in [2.24, 2.45) is 4.99 Å². The number of aromatic nitrogens is 3. The number of piperazine rings is 1. The van der Waals surface area contributed by atoms with E-state index in [0.717, 1.165) is 56.5 Å². The second kappa shape index (κ2) is 10.9. The van der Waals surface area contributed by atoms with E-state index >= 15 is 0 Å². The third-order valence-electron chi connectivity index (χ3n) is 5.95. The van der Waals surface area contributed by atoms with Gasteiger partial charge in [-0.15, -0.1) is 0 Å². The summed E-state index contributed by atoms with van der Waals surface area (Å²) in [6.07, 6.45) is 8.42. The largest absolute Gasteiger partial charge is 0.357 e. The van der Waals surface area contributed by atoms with Crippen LogP contribution in [-0.4, -0.2) is 63.0 Å². The van der Waals surface area contributed by atoms with Gasteiger partial charge >= 0.3 is 0 Å². The normalized spacial score (nSPS) is 16.2. The van der Waals surface area contributed by atoms with Crippen LogP contribution < -0.4 is 5.32 Å². The first kappa shape index (κ1) is 22.0. The topological polar surface area (TPSA) is 61.6 Å². The van der Waals surface area contributed by atoms with Crippen molar-refractivity contribution in [2.45, 2.75) is 32.9 Å². The number of guanidine groups is 1. The molecule has 1 aliphatic heterocycles. The monoisotopic (exact) mass is 431 g/mol. The molecule has 3 heterocycles. The van der Waals surface area contributed by atoms with E-state index in [1.807, 2.05) is 23.0 Å². The molecule has 1 unspecified atom stereocenters. The van der Waals surface area contributed by atoms with Crippen LogP contribution in [0.25, 0.3) is 5.82 Å². The summed E-state index contributed by atoms with van der Waals surface area (Å²) < 4.78 is 1.90. The Labute approximate surface area is 190 Å². The highest BCUT2D eigenvalue weighted by atomic mass is 15.4. The van der Waals surface area contributed by atoms with Crippen molar-refractivity contribution in [3.05, 3.63) is 78.5 Å². The lowest BCUT2D eigenvalue weighted by molar-refractivity contribution is 0.127. The van der Waals surface area contributed by atoms with Crippen LogP contribution in [0.3, 0.4) is 0 Å². The maximum atomic E-state index is 4.90. The molecule has 32 heavy (non-hydrogen) atoms. The lowest BCUT2D eigenvalue weighted by atomic mass is 10.0. The van der Waals surface area contributed by atoms with Gasteiger partial charge in [0.25, 0.3) is 0 Å². The fourth-order valence-electron chi connectivity index (χ4n) is 4.27. The Morgan fingerprint density at radius 3 is 2.50 bits per heavy atom. The van der Waals surface area contributed by atoms with Gasteiger partial charge < -0.3 is 10.2 Å². The Kier molecular flexibility index (Phi) is 7.51. The summed E-state index contributed by atoms with van der Waals surface area (Å²) >= 11 is 0. The van der Waals surface area contributed by atoms with E-state index in [4.69, 9.17) is 4.99 Å². The molecular formula is C25H33N7. The van der Waals surface area contributed by atoms with E-state index < -0.39 is 0 Å². The highest BCUT2D eigenvalue weighted by Gasteiger charge is 2.25. The third-order valence-corrected chi connectivity index (χ3v) is 5.95. The second-order valence-electron chi connectivity index (χ2n) is 8.02. The number of hydrogen-bond acceptors (Lipinski definition) is 4. The van der Waals surface area contributed by atoms with Crippen molar-refractivity contribution >= 4 is 5.96 Å². The van der Waals surface area contributed by atoms with Gasteiger partial charge in [-0.05, 0) is 30.5 Å². The van der Waals surface area contributed by atoms with Crippen molar-refractivity contribution in [3.8, 4) is 5.82 Å². The second-order valence-corrected chi connectivity index (χ2v) is 8.02. The number of imidazole rings is 1. The molecular weight excluding hydrogens is 398 g/mol. The smallest absolute Gasteiger partial charge is 0.194 e. The van der Waals surface area contributed by atoms with Crippen molar-refractivity contribution < 1.29 is 0 Å². The standard InChI is InChI=1S/C25H33N7/c1-3-23(22-8-6-5-7-9-22)30-14-16-31(17-15-30)25(27-4-2)29-19-21-10-11-24(28-18-21)32-13-12-26-20-32/h5-13,18,20,23H,3-4,14-17,19H2,1-2H3,(H,27,29). The molecule has 7 nitrogen and oxygen atoms in total. The van der Waals surface area contributed by atoms with Crippen LogP contribution in [0.2, 0.25) is 0 Å². The Bertz CT molecular complexity index is 959. The van der Waals surface area contributed by atoms with Gasteiger partial charge in [-0.25, -0.2) is 15.0 Å². The maximum absolute atomic E-state index is 4.90. The molecule has 1 fully saturated rings. The summed E-state index contributed by atoms with van der Waals surface area (Å²) in [5.74, 6) is 1.85. The van der Waals surface area contributed by atoms with Crippen LogP contribution in [0.5, 0.6) is 0 Å². The zero-order valence-electron chi connectivity index (χ0n) is 19.1. The Morgan fingerprint density at radius 2 is 1.88 bits per heavy atom. The quantitative estimate of drug-likeness (QED) is 0.458. The summed E-state index contributed by atoms with van der Waals surface area (Å²) in [4.78, 5) is 18.5. The van der Waals surface area contributed by atoms with Crippen molar-refractivity contribution in [2.75, 3.05) is 32.7 Å². The molecule has 2 aromatic heterocycles. The van der Waals surface area contributed by atoms with Gasteiger partial charge in [0.05, 0.1) is 6.54 Å². The first-order valence-electron chi connectivity index (χ1n) is 11.5. The van der Waals surface area contributed by atoms with E-state index in [1.54, 1.807) is 12.5 Å². The minimum absolute atomic E-state index is 0.484. The zero-order chi connectivity index (χ0) is 22.2. The molecule has 168 valence electrons. The molecule has 0 saturated carbocycles. The van der Waals surface area contributed by atoms with Crippen LogP contribution in [0.4, 0.5) is 0 Å². The zero-order valence-corrected chi connectivity index (χ0v) is 19.1. The lowest BCUT2D eigenvalue weighted by Gasteiger charge is -2.40. The molecule has 1 saturated heterocycles. The highest BCUT2D eigenvalue weighted by Crippen LogP contribution is 2.25. The van der Waals surface area contributed by atoms with E-state index in [0.29, 0.717) is 12.6 Å². The number of pyridine rings is 1. The molecule has 0 amide bonds. The molecule has 3 aromatic rings. The third kappa shape index (κ3) is 5.34. The van der Waals surface area contributed by atoms with Crippen LogP contribution in [-0.2, 0) is 6.54 Å². The fraction of sp³-hybridized carbons (Fsp3) is 0.400. The van der Waals surface area contributed by atoms with Gasteiger partial charge in [-0.1, -0.05) is 43.3 Å². The Morgan fingerprint density at radius 1 is 1.06 bits per heavy atom. The predicted octanol–water partition coefficient (Wildman–Crippen LogP) is 3.50. The minimum Gasteiger partial charge on any atom is -0.357 e. The summed E-state index contributed by atoms with van der Waals surface area (Å²) in [5.41, 5.74) is 2.51. The first-order valence-corrected chi connectivity index (χ1v) is 11.5. The van der Waals surface area contributed by atoms with Gasteiger partial charge in [0.2, 0.25) is 0 Å². The lowest BCUT2D eigenvalue weighted by Crippen LogP contribution is -2.53. The van der Waals surface area contributed by atoms with Crippen molar-refractivity contribution in [1.82, 2.24) is 29.7 Å². The molecule has 7 heteroatoms. The molecule has 0 bridgehead atoms. The molecule has 1 atom stereocenters. The van der Waals surface area contributed by atoms with Crippen LogP contribution in [0.15, 0.2) is 72.4 Å². The number of nitrogens with zero attached hydrogens (tertiary/aromatic N) is 6. The average molecular weight is 432 g/mol. The van der Waals surface area contributed by atoms with Gasteiger partial charge in [0, 0.05) is 57.4 Å². The molecule has 1 aromatic carbocycles. The summed E-state index contributed by atoms with van der Waals surface area (Å²) in [5, 5.41) is 3.47. The van der Waals surface area contributed by atoms with E-state index in [-0.39, 0.29) is 0 Å². The summed E-state index contributed by atoms with van der Waals surface area (Å²) in [6, 6.07) is 15.4. The first-order chi connectivity index (χ1) is 15.8. The molecule has 0 radical (unpaired) electrons. The molecule has 1 N–H and O–H groups in total. The fourth-order valence-corrected chi connectivity index (χ4v) is 4.27. The summed E-state index contributed by atoms with van der Waals surface area (Å²) in [6.45, 7) is 9.91. The van der Waals surface area contributed by atoms with E-state index in [9.17, 15) is 0 Å². The van der Waals surface area contributed by atoms with Crippen molar-refractivity contribution in [3.63, 3.8) is 0 Å². The maximum Gasteiger partial charge on any atom is 0.194 e. The molecule has 0 aliphatic carbocycles. The average Bonchev–Trinajstić information content (AvgIpc) is 3.39. The minimum atomic E-state index is 0.484. The number of nitrogens with one attached hydrogen (secondary N) is 1. The molecule has 1 aliphatic rings. The number of rotatable bonds is 7.